The third-order valence-corrected chi connectivity index (χ3v) is 0. The topological polar surface area (TPSA) is 0 Å². The van der Waals surface area contributed by atoms with E-state index in [0.717, 1.165) is 0 Å². The molecule has 0 heterocycles. The standard InChI is InChI=1S/C2H4.3BF4.Li.H/c1-2;3*2-1(3,4)5;;/h1-2H2;;;;;/q;3*-1;+1;-1. The van der Waals surface area contributed by atoms with E-state index in [1.807, 2.05) is 0 Å². The van der Waals surface area contributed by atoms with Gasteiger partial charge in [-0.2, -0.15) is 0 Å². The molecule has 0 aromatic carbocycles. The minimum absolute atomic E-state index is 0. The summed E-state index contributed by atoms with van der Waals surface area (Å²) in [5, 5.41) is 0. The van der Waals surface area contributed by atoms with Gasteiger partial charge in [0.25, 0.3) is 0 Å². The molecule has 0 nitrogen and oxygen atoms in total. The molecular formula is C2H5B3F12Li-3. The zero-order valence-corrected chi connectivity index (χ0v) is 8.68. The summed E-state index contributed by atoms with van der Waals surface area (Å²) in [6, 6.07) is 0. The zero-order chi connectivity index (χ0) is 15.5. The summed E-state index contributed by atoms with van der Waals surface area (Å²) >= 11 is 0. The predicted molar refractivity (Wildman–Crippen MR) is 42.9 cm³/mol. The molecule has 0 spiro atoms. The van der Waals surface area contributed by atoms with Gasteiger partial charge in [0, 0.05) is 0 Å². The van der Waals surface area contributed by atoms with Crippen LogP contribution in [0.1, 0.15) is 1.43 Å². The molecule has 0 unspecified atom stereocenters. The maximum absolute atomic E-state index is 9.75. The first-order chi connectivity index (χ1) is 7.00. The molecular weight excluding hydrogens is 291 g/mol. The minimum atomic E-state index is -6.00. The zero-order valence-electron chi connectivity index (χ0n) is 9.68. The Kier molecular flexibility index (Phi) is 22.3. The van der Waals surface area contributed by atoms with Crippen LogP contribution in [0, 0.1) is 0 Å². The molecule has 0 aromatic heterocycles. The van der Waals surface area contributed by atoms with Crippen LogP contribution in [-0.2, 0) is 0 Å². The molecule has 16 heteroatoms. The second-order valence-corrected chi connectivity index (χ2v) is 1.48. The fourth-order valence-electron chi connectivity index (χ4n) is 0. The van der Waals surface area contributed by atoms with E-state index in [4.69, 9.17) is 0 Å². The molecule has 0 bridgehead atoms. The normalized spacial score (nSPS) is 10.2. The van der Waals surface area contributed by atoms with Crippen molar-refractivity contribution in [1.29, 1.82) is 0 Å². The molecule has 0 atom stereocenters. The van der Waals surface area contributed by atoms with Gasteiger partial charge in [0.2, 0.25) is 0 Å². The number of halogens is 12. The Hall–Kier alpha value is -0.308. The second-order valence-electron chi connectivity index (χ2n) is 1.48. The maximum Gasteiger partial charge on any atom is 1.00 e. The van der Waals surface area contributed by atoms with Gasteiger partial charge in [-0.3, -0.25) is 0 Å². The van der Waals surface area contributed by atoms with E-state index in [9.17, 15) is 51.8 Å². The average Bonchev–Trinajstić information content (AvgIpc) is 1.77. The van der Waals surface area contributed by atoms with Gasteiger partial charge in [-0.15, -0.1) is 13.2 Å². The molecule has 0 aliphatic heterocycles. The summed E-state index contributed by atoms with van der Waals surface area (Å²) in [6.45, 7) is 6.00. The predicted octanol–water partition coefficient (Wildman–Crippen LogP) is 1.82. The van der Waals surface area contributed by atoms with Gasteiger partial charge in [-0.25, -0.2) is 0 Å². The van der Waals surface area contributed by atoms with Gasteiger partial charge in [0.05, 0.1) is 0 Å². The monoisotopic (exact) mass is 297 g/mol. The molecule has 0 rings (SSSR count). The summed E-state index contributed by atoms with van der Waals surface area (Å²) < 4.78 is 117. The molecule has 0 aliphatic carbocycles. The van der Waals surface area contributed by atoms with Crippen LogP contribution in [0.5, 0.6) is 0 Å². The summed E-state index contributed by atoms with van der Waals surface area (Å²) in [6.07, 6.45) is 0. The molecule has 0 fully saturated rings. The smallest absolute Gasteiger partial charge is 1.00 e. The summed E-state index contributed by atoms with van der Waals surface area (Å²) in [7, 11) is -18.0. The fraction of sp³-hybridized carbons (Fsp3) is 0. The largest absolute Gasteiger partial charge is 1.00 e. The second kappa shape index (κ2) is 13.1. The first-order valence-corrected chi connectivity index (χ1v) is 3.12. The van der Waals surface area contributed by atoms with E-state index in [-0.39, 0.29) is 20.3 Å². The molecule has 0 amide bonds. The molecule has 0 aliphatic rings. The van der Waals surface area contributed by atoms with Crippen LogP contribution in [-0.4, -0.2) is 21.8 Å². The third-order valence-electron chi connectivity index (χ3n) is 0. The Morgan fingerprint density at radius 2 is 0.444 bits per heavy atom. The van der Waals surface area contributed by atoms with Gasteiger partial charge in [-0.05, 0) is 0 Å². The molecule has 0 aromatic rings. The van der Waals surface area contributed by atoms with Crippen molar-refractivity contribution in [2.24, 2.45) is 0 Å². The van der Waals surface area contributed by atoms with Crippen LogP contribution >= 0.6 is 0 Å². The number of hydrogen-bond acceptors (Lipinski definition) is 0. The van der Waals surface area contributed by atoms with Crippen LogP contribution in [0.25, 0.3) is 0 Å². The fourth-order valence-corrected chi connectivity index (χ4v) is 0. The molecule has 0 saturated heterocycles. The minimum Gasteiger partial charge on any atom is -1.00 e. The molecule has 110 valence electrons. The Bertz CT molecular complexity index is 117. The van der Waals surface area contributed by atoms with Crippen molar-refractivity contribution in [2.45, 2.75) is 0 Å². The van der Waals surface area contributed by atoms with Crippen LogP contribution in [0.4, 0.5) is 51.8 Å². The SMILES string of the molecule is C=C.F[B-](F)(F)F.F[B-](F)(F)F.F[B-](F)(F)F.[H-].[Li+]. The van der Waals surface area contributed by atoms with Crippen molar-refractivity contribution < 1.29 is 72.1 Å². The summed E-state index contributed by atoms with van der Waals surface area (Å²) in [4.78, 5) is 0. The molecule has 0 radical (unpaired) electrons. The molecule has 18 heavy (non-hydrogen) atoms. The van der Waals surface area contributed by atoms with Gasteiger partial charge >= 0.3 is 40.6 Å². The molecule has 0 N–H and O–H groups in total. The van der Waals surface area contributed by atoms with E-state index in [2.05, 4.69) is 13.2 Å². The van der Waals surface area contributed by atoms with Crippen LogP contribution < -0.4 is 18.9 Å². The van der Waals surface area contributed by atoms with Crippen LogP contribution in [0.2, 0.25) is 0 Å². The van der Waals surface area contributed by atoms with E-state index >= 15 is 0 Å². The molecule has 0 saturated carbocycles. The van der Waals surface area contributed by atoms with Gasteiger partial charge in [-0.1, -0.05) is 0 Å². The van der Waals surface area contributed by atoms with Crippen molar-refractivity contribution in [3.63, 3.8) is 0 Å². The van der Waals surface area contributed by atoms with E-state index in [1.54, 1.807) is 0 Å². The van der Waals surface area contributed by atoms with Crippen molar-refractivity contribution in [1.82, 2.24) is 0 Å². The van der Waals surface area contributed by atoms with Crippen molar-refractivity contribution in [3.05, 3.63) is 13.2 Å². The maximum atomic E-state index is 9.75. The van der Waals surface area contributed by atoms with Crippen molar-refractivity contribution in [3.8, 4) is 0 Å². The average molecular weight is 296 g/mol. The van der Waals surface area contributed by atoms with E-state index < -0.39 is 21.8 Å². The Balaban J connectivity index is -0.0000000298. The Morgan fingerprint density at radius 1 is 0.444 bits per heavy atom. The third kappa shape index (κ3) is 35800. The first kappa shape index (κ1) is 30.6. The van der Waals surface area contributed by atoms with Crippen molar-refractivity contribution >= 4 is 21.8 Å². The number of hydrogen-bond donors (Lipinski definition) is 0. The van der Waals surface area contributed by atoms with E-state index in [0.29, 0.717) is 0 Å². The quantitative estimate of drug-likeness (QED) is 0.363. The van der Waals surface area contributed by atoms with Gasteiger partial charge in [0.15, 0.2) is 0 Å². The van der Waals surface area contributed by atoms with Crippen molar-refractivity contribution in [2.75, 3.05) is 0 Å². The van der Waals surface area contributed by atoms with Gasteiger partial charge < -0.3 is 53.2 Å². The first-order valence-electron chi connectivity index (χ1n) is 3.12. The van der Waals surface area contributed by atoms with Crippen LogP contribution in [0.15, 0.2) is 13.2 Å². The van der Waals surface area contributed by atoms with Gasteiger partial charge in [0.1, 0.15) is 0 Å². The summed E-state index contributed by atoms with van der Waals surface area (Å²) in [5.74, 6) is 0. The Morgan fingerprint density at radius 3 is 0.444 bits per heavy atom. The van der Waals surface area contributed by atoms with E-state index in [1.165, 1.54) is 0 Å². The summed E-state index contributed by atoms with van der Waals surface area (Å²) in [5.41, 5.74) is 0. The Labute approximate surface area is 108 Å². The van der Waals surface area contributed by atoms with Crippen LogP contribution in [0.3, 0.4) is 0 Å². The number of rotatable bonds is 0.